The van der Waals surface area contributed by atoms with Crippen molar-refractivity contribution in [3.05, 3.63) is 23.5 Å². The van der Waals surface area contributed by atoms with Crippen LogP contribution in [0, 0.1) is 5.82 Å². The third-order valence-corrected chi connectivity index (χ3v) is 2.54. The highest BCUT2D eigenvalue weighted by Gasteiger charge is 2.21. The maximum atomic E-state index is 13.2. The molecule has 4 nitrogen and oxygen atoms in total. The molecule has 0 aliphatic heterocycles. The molecule has 1 aromatic rings. The Hall–Kier alpha value is -1.37. The van der Waals surface area contributed by atoms with E-state index < -0.39 is 21.8 Å². The zero-order valence-corrected chi connectivity index (χ0v) is 9.48. The molecule has 0 radical (unpaired) electrons. The molecule has 1 aromatic carbocycles. The Morgan fingerprint density at radius 1 is 1.25 bits per heavy atom. The van der Waals surface area contributed by atoms with Crippen LogP contribution < -0.4 is 9.47 Å². The first-order valence-electron chi connectivity index (χ1n) is 4.20. The molecule has 0 N–H and O–H groups in total. The predicted octanol–water partition coefficient (Wildman–Crippen LogP) is 1.64. The fourth-order valence-corrected chi connectivity index (χ4v) is 1.92. The molecule has 0 heterocycles. The Balaban J connectivity index is 3.36. The van der Waals surface area contributed by atoms with Crippen LogP contribution in [0.2, 0.25) is 0 Å². The van der Waals surface area contributed by atoms with E-state index in [0.29, 0.717) is 0 Å². The average Bonchev–Trinajstić information content (AvgIpc) is 2.16. The van der Waals surface area contributed by atoms with E-state index in [-0.39, 0.29) is 17.1 Å². The topological polar surface area (TPSA) is 52.6 Å². The third-order valence-electron chi connectivity index (χ3n) is 1.91. The van der Waals surface area contributed by atoms with Gasteiger partial charge in [-0.1, -0.05) is 0 Å². The second-order valence-electron chi connectivity index (χ2n) is 2.94. The summed E-state index contributed by atoms with van der Waals surface area (Å²) in [6.45, 7) is 0. The van der Waals surface area contributed by atoms with Crippen LogP contribution in [0.4, 0.5) is 8.28 Å². The Morgan fingerprint density at radius 2 is 1.88 bits per heavy atom. The summed E-state index contributed by atoms with van der Waals surface area (Å²) in [5, 5.41) is 0. The van der Waals surface area contributed by atoms with Gasteiger partial charge >= 0.3 is 10.2 Å². The summed E-state index contributed by atoms with van der Waals surface area (Å²) in [6.07, 6.45) is 0. The molecule has 7 heteroatoms. The van der Waals surface area contributed by atoms with Crippen molar-refractivity contribution >= 4 is 10.2 Å². The molecule has 1 rings (SSSR count). The Bertz CT molecular complexity index is 485. The SMILES string of the molecule is COc1ccc(F)c(OC)c1CS(=O)(=O)F. The van der Waals surface area contributed by atoms with Gasteiger partial charge in [0.05, 0.1) is 19.8 Å². The lowest BCUT2D eigenvalue weighted by atomic mass is 10.2. The zero-order chi connectivity index (χ0) is 12.3. The Labute approximate surface area is 92.0 Å². The predicted molar refractivity (Wildman–Crippen MR) is 53.2 cm³/mol. The van der Waals surface area contributed by atoms with E-state index >= 15 is 0 Å². The van der Waals surface area contributed by atoms with Crippen LogP contribution in [0.1, 0.15) is 5.56 Å². The third kappa shape index (κ3) is 2.82. The number of ether oxygens (including phenoxy) is 2. The average molecular weight is 252 g/mol. The highest BCUT2D eigenvalue weighted by atomic mass is 32.3. The van der Waals surface area contributed by atoms with Crippen molar-refractivity contribution < 1.29 is 26.2 Å². The van der Waals surface area contributed by atoms with Crippen molar-refractivity contribution in [2.45, 2.75) is 5.75 Å². The van der Waals surface area contributed by atoms with Gasteiger partial charge in [0.15, 0.2) is 11.6 Å². The van der Waals surface area contributed by atoms with Gasteiger partial charge in [-0.05, 0) is 12.1 Å². The molecular weight excluding hydrogens is 242 g/mol. The largest absolute Gasteiger partial charge is 0.496 e. The molecule has 0 aliphatic carbocycles. The molecule has 0 saturated carbocycles. The summed E-state index contributed by atoms with van der Waals surface area (Å²) in [6, 6.07) is 2.25. The molecule has 0 bridgehead atoms. The van der Waals surface area contributed by atoms with Crippen LogP contribution in [0.3, 0.4) is 0 Å². The molecule has 0 unspecified atom stereocenters. The monoisotopic (exact) mass is 252 g/mol. The number of hydrogen-bond donors (Lipinski definition) is 0. The van der Waals surface area contributed by atoms with Crippen molar-refractivity contribution in [1.29, 1.82) is 0 Å². The van der Waals surface area contributed by atoms with E-state index in [1.807, 2.05) is 0 Å². The minimum atomic E-state index is -4.79. The summed E-state index contributed by atoms with van der Waals surface area (Å²) >= 11 is 0. The highest BCUT2D eigenvalue weighted by Crippen LogP contribution is 2.32. The zero-order valence-electron chi connectivity index (χ0n) is 8.66. The van der Waals surface area contributed by atoms with E-state index in [2.05, 4.69) is 4.74 Å². The molecular formula is C9H10F2O4S. The van der Waals surface area contributed by atoms with Gasteiger partial charge in [-0.15, -0.1) is 3.89 Å². The second-order valence-corrected chi connectivity index (χ2v) is 4.31. The molecule has 0 aliphatic rings. The summed E-state index contributed by atoms with van der Waals surface area (Å²) in [5.74, 6) is -2.04. The fraction of sp³-hybridized carbons (Fsp3) is 0.333. The molecule has 0 spiro atoms. The molecule has 16 heavy (non-hydrogen) atoms. The molecule has 0 atom stereocenters. The molecule has 0 amide bonds. The van der Waals surface area contributed by atoms with Crippen LogP contribution in [0.5, 0.6) is 11.5 Å². The highest BCUT2D eigenvalue weighted by molar-refractivity contribution is 7.85. The van der Waals surface area contributed by atoms with Crippen molar-refractivity contribution in [3.63, 3.8) is 0 Å². The maximum absolute atomic E-state index is 13.2. The summed E-state index contributed by atoms with van der Waals surface area (Å²) in [4.78, 5) is 0. The van der Waals surface area contributed by atoms with Gasteiger partial charge in [0.1, 0.15) is 11.5 Å². The van der Waals surface area contributed by atoms with Gasteiger partial charge in [0.2, 0.25) is 0 Å². The van der Waals surface area contributed by atoms with Crippen molar-refractivity contribution in [3.8, 4) is 11.5 Å². The lowest BCUT2D eigenvalue weighted by Gasteiger charge is -2.11. The van der Waals surface area contributed by atoms with Gasteiger partial charge in [-0.2, -0.15) is 8.42 Å². The van der Waals surface area contributed by atoms with Crippen LogP contribution in [0.25, 0.3) is 0 Å². The van der Waals surface area contributed by atoms with Crippen LogP contribution in [-0.2, 0) is 16.0 Å². The summed E-state index contributed by atoms with van der Waals surface area (Å²) in [7, 11) is -2.36. The molecule has 0 aromatic heterocycles. The van der Waals surface area contributed by atoms with Crippen LogP contribution in [0.15, 0.2) is 12.1 Å². The van der Waals surface area contributed by atoms with Crippen molar-refractivity contribution in [1.82, 2.24) is 0 Å². The lowest BCUT2D eigenvalue weighted by molar-refractivity contribution is 0.367. The first kappa shape index (κ1) is 12.7. The van der Waals surface area contributed by atoms with Gasteiger partial charge < -0.3 is 9.47 Å². The number of benzene rings is 1. The van der Waals surface area contributed by atoms with E-state index in [1.54, 1.807) is 0 Å². The number of hydrogen-bond acceptors (Lipinski definition) is 4. The minimum absolute atomic E-state index is 0.0551. The number of halogens is 2. The molecule has 90 valence electrons. The fourth-order valence-electron chi connectivity index (χ4n) is 1.30. The smallest absolute Gasteiger partial charge is 0.306 e. The standard InChI is InChI=1S/C9H10F2O4S/c1-14-8-4-3-7(10)9(15-2)6(8)5-16(11,12)13/h3-4H,5H2,1-2H3. The Morgan fingerprint density at radius 3 is 2.31 bits per heavy atom. The minimum Gasteiger partial charge on any atom is -0.496 e. The Kier molecular flexibility index (Phi) is 3.69. The summed E-state index contributed by atoms with van der Waals surface area (Å²) < 4.78 is 56.4. The molecule has 0 fully saturated rings. The van der Waals surface area contributed by atoms with Gasteiger partial charge in [-0.25, -0.2) is 4.39 Å². The molecule has 0 saturated heterocycles. The van der Waals surface area contributed by atoms with Gasteiger partial charge in [0, 0.05) is 0 Å². The second kappa shape index (κ2) is 4.65. The van der Waals surface area contributed by atoms with Crippen molar-refractivity contribution in [2.24, 2.45) is 0 Å². The van der Waals surface area contributed by atoms with Gasteiger partial charge in [0.25, 0.3) is 0 Å². The van der Waals surface area contributed by atoms with E-state index in [0.717, 1.165) is 13.2 Å². The van der Waals surface area contributed by atoms with Crippen LogP contribution >= 0.6 is 0 Å². The van der Waals surface area contributed by atoms with E-state index in [1.165, 1.54) is 13.2 Å². The number of rotatable bonds is 4. The first-order valence-corrected chi connectivity index (χ1v) is 5.76. The quantitative estimate of drug-likeness (QED) is 0.764. The first-order chi connectivity index (χ1) is 7.39. The number of methoxy groups -OCH3 is 2. The van der Waals surface area contributed by atoms with Crippen LogP contribution in [-0.4, -0.2) is 22.6 Å². The lowest BCUT2D eigenvalue weighted by Crippen LogP contribution is -2.04. The van der Waals surface area contributed by atoms with Crippen molar-refractivity contribution in [2.75, 3.05) is 14.2 Å². The summed E-state index contributed by atoms with van der Waals surface area (Å²) in [5.41, 5.74) is -0.174. The van der Waals surface area contributed by atoms with E-state index in [4.69, 9.17) is 4.74 Å². The van der Waals surface area contributed by atoms with E-state index in [9.17, 15) is 16.7 Å². The maximum Gasteiger partial charge on any atom is 0.306 e. The van der Waals surface area contributed by atoms with Gasteiger partial charge in [-0.3, -0.25) is 0 Å². The normalized spacial score (nSPS) is 11.2.